The van der Waals surface area contributed by atoms with Crippen LogP contribution in [0.4, 0.5) is 0 Å². The highest BCUT2D eigenvalue weighted by Crippen LogP contribution is 2.21. The number of rotatable bonds is 3. The van der Waals surface area contributed by atoms with Gasteiger partial charge < -0.3 is 0 Å². The van der Waals surface area contributed by atoms with Crippen molar-refractivity contribution in [3.63, 3.8) is 0 Å². The molecule has 0 bridgehead atoms. The second-order valence-electron chi connectivity index (χ2n) is 4.51. The first-order chi connectivity index (χ1) is 9.84. The number of carbonyl (C=O) groups excluding carboxylic acids is 1. The van der Waals surface area contributed by atoms with Crippen LogP contribution in [0.15, 0.2) is 79.1 Å². The number of hydrogen-bond acceptors (Lipinski definition) is 2. The topological polar surface area (TPSA) is 30.0 Å². The normalized spacial score (nSPS) is 10.2. The summed E-state index contributed by atoms with van der Waals surface area (Å²) in [5.41, 5.74) is 3.49. The largest absolute Gasteiger partial charge is 0.289 e. The predicted molar refractivity (Wildman–Crippen MR) is 79.5 cm³/mol. The minimum atomic E-state index is 0.0431. The summed E-state index contributed by atoms with van der Waals surface area (Å²) in [6.07, 6.45) is 3.50. The minimum Gasteiger partial charge on any atom is -0.289 e. The third-order valence-electron chi connectivity index (χ3n) is 3.17. The zero-order valence-corrected chi connectivity index (χ0v) is 10.9. The van der Waals surface area contributed by atoms with E-state index in [9.17, 15) is 4.79 Å². The molecule has 0 aliphatic carbocycles. The van der Waals surface area contributed by atoms with Crippen molar-refractivity contribution >= 4 is 5.78 Å². The summed E-state index contributed by atoms with van der Waals surface area (Å²) in [4.78, 5) is 16.4. The minimum absolute atomic E-state index is 0.0431. The lowest BCUT2D eigenvalue weighted by atomic mass is 9.99. The quantitative estimate of drug-likeness (QED) is 0.666. The fraction of sp³-hybridized carbons (Fsp3) is 0. The smallest absolute Gasteiger partial charge is 0.193 e. The summed E-state index contributed by atoms with van der Waals surface area (Å²) < 4.78 is 0. The van der Waals surface area contributed by atoms with Crippen LogP contribution >= 0.6 is 0 Å². The maximum Gasteiger partial charge on any atom is 0.193 e. The van der Waals surface area contributed by atoms with Gasteiger partial charge in [-0.3, -0.25) is 9.78 Å². The Bertz CT molecular complexity index is 721. The zero-order valence-electron chi connectivity index (χ0n) is 10.9. The van der Waals surface area contributed by atoms with Crippen LogP contribution in [0.2, 0.25) is 0 Å². The molecule has 0 aliphatic heterocycles. The van der Waals surface area contributed by atoms with Crippen molar-refractivity contribution in [3.05, 3.63) is 90.3 Å². The maximum absolute atomic E-state index is 12.4. The van der Waals surface area contributed by atoms with Gasteiger partial charge in [0.15, 0.2) is 5.78 Å². The van der Waals surface area contributed by atoms with E-state index < -0.39 is 0 Å². The van der Waals surface area contributed by atoms with Gasteiger partial charge in [0.2, 0.25) is 0 Å². The lowest BCUT2D eigenvalue weighted by molar-refractivity contribution is 0.103. The Kier molecular flexibility index (Phi) is 3.38. The van der Waals surface area contributed by atoms with Crippen LogP contribution in [-0.2, 0) is 0 Å². The molecule has 1 heterocycles. The van der Waals surface area contributed by atoms with Crippen LogP contribution in [0.1, 0.15) is 15.9 Å². The number of benzene rings is 2. The highest BCUT2D eigenvalue weighted by molar-refractivity contribution is 6.09. The molecule has 3 rings (SSSR count). The van der Waals surface area contributed by atoms with Crippen LogP contribution in [0.3, 0.4) is 0 Å². The maximum atomic E-state index is 12.4. The Morgan fingerprint density at radius 2 is 1.40 bits per heavy atom. The third kappa shape index (κ3) is 2.50. The van der Waals surface area contributed by atoms with E-state index in [2.05, 4.69) is 4.98 Å². The van der Waals surface area contributed by atoms with Crippen LogP contribution in [0.25, 0.3) is 11.1 Å². The summed E-state index contributed by atoms with van der Waals surface area (Å²) in [7, 11) is 0. The SMILES string of the molecule is O=C(c1ccccc1)c1cccc(-c2ccncc2)c1. The molecule has 0 atom stereocenters. The van der Waals surface area contributed by atoms with E-state index in [1.807, 2.05) is 66.7 Å². The Hall–Kier alpha value is -2.74. The molecule has 96 valence electrons. The van der Waals surface area contributed by atoms with E-state index in [4.69, 9.17) is 0 Å². The highest BCUT2D eigenvalue weighted by atomic mass is 16.1. The molecule has 0 amide bonds. The van der Waals surface area contributed by atoms with E-state index in [-0.39, 0.29) is 5.78 Å². The molecule has 20 heavy (non-hydrogen) atoms. The summed E-state index contributed by atoms with van der Waals surface area (Å²) in [5, 5.41) is 0. The Morgan fingerprint density at radius 1 is 0.700 bits per heavy atom. The van der Waals surface area contributed by atoms with Crippen LogP contribution in [-0.4, -0.2) is 10.8 Å². The van der Waals surface area contributed by atoms with Crippen molar-refractivity contribution in [1.82, 2.24) is 4.98 Å². The highest BCUT2D eigenvalue weighted by Gasteiger charge is 2.09. The third-order valence-corrected chi connectivity index (χ3v) is 3.17. The van der Waals surface area contributed by atoms with Gasteiger partial charge in [-0.2, -0.15) is 0 Å². The van der Waals surface area contributed by atoms with Crippen molar-refractivity contribution in [3.8, 4) is 11.1 Å². The Balaban J connectivity index is 1.98. The zero-order chi connectivity index (χ0) is 13.8. The molecule has 2 nitrogen and oxygen atoms in total. The molecular weight excluding hydrogens is 246 g/mol. The van der Waals surface area contributed by atoms with Gasteiger partial charge in [0.05, 0.1) is 0 Å². The Morgan fingerprint density at radius 3 is 2.15 bits per heavy atom. The number of nitrogens with zero attached hydrogens (tertiary/aromatic N) is 1. The number of ketones is 1. The molecule has 0 aliphatic rings. The molecule has 0 fully saturated rings. The average Bonchev–Trinajstić information content (AvgIpc) is 2.56. The molecular formula is C18H13NO. The molecule has 0 radical (unpaired) electrons. The van der Waals surface area contributed by atoms with E-state index in [0.29, 0.717) is 11.1 Å². The fourth-order valence-corrected chi connectivity index (χ4v) is 2.14. The van der Waals surface area contributed by atoms with E-state index >= 15 is 0 Å². The summed E-state index contributed by atoms with van der Waals surface area (Å²) >= 11 is 0. The lowest BCUT2D eigenvalue weighted by Gasteiger charge is -2.05. The number of pyridine rings is 1. The second-order valence-corrected chi connectivity index (χ2v) is 4.51. The van der Waals surface area contributed by atoms with Crippen molar-refractivity contribution in [2.24, 2.45) is 0 Å². The fourth-order valence-electron chi connectivity index (χ4n) is 2.14. The summed E-state index contributed by atoms with van der Waals surface area (Å²) in [6.45, 7) is 0. The second kappa shape index (κ2) is 5.49. The Labute approximate surface area is 117 Å². The molecule has 3 aromatic rings. The molecule has 0 spiro atoms. The van der Waals surface area contributed by atoms with E-state index in [0.717, 1.165) is 11.1 Å². The molecule has 2 heteroatoms. The van der Waals surface area contributed by atoms with Gasteiger partial charge in [-0.15, -0.1) is 0 Å². The first-order valence-electron chi connectivity index (χ1n) is 6.45. The monoisotopic (exact) mass is 259 g/mol. The molecule has 2 aromatic carbocycles. The average molecular weight is 259 g/mol. The van der Waals surface area contributed by atoms with Gasteiger partial charge in [0.1, 0.15) is 0 Å². The van der Waals surface area contributed by atoms with Gasteiger partial charge in [-0.1, -0.05) is 48.5 Å². The van der Waals surface area contributed by atoms with Crippen LogP contribution in [0.5, 0.6) is 0 Å². The lowest BCUT2D eigenvalue weighted by Crippen LogP contribution is -2.00. The number of aromatic nitrogens is 1. The summed E-state index contributed by atoms with van der Waals surface area (Å²) in [5.74, 6) is 0.0431. The van der Waals surface area contributed by atoms with Gasteiger partial charge in [0.25, 0.3) is 0 Å². The first-order valence-corrected chi connectivity index (χ1v) is 6.45. The van der Waals surface area contributed by atoms with Crippen molar-refractivity contribution < 1.29 is 4.79 Å². The first kappa shape index (κ1) is 12.3. The summed E-state index contributed by atoms with van der Waals surface area (Å²) in [6, 6.07) is 20.9. The number of hydrogen-bond donors (Lipinski definition) is 0. The van der Waals surface area contributed by atoms with Crippen LogP contribution in [0, 0.1) is 0 Å². The molecule has 0 saturated heterocycles. The van der Waals surface area contributed by atoms with Gasteiger partial charge in [-0.25, -0.2) is 0 Å². The van der Waals surface area contributed by atoms with Crippen LogP contribution < -0.4 is 0 Å². The molecule has 0 saturated carbocycles. The van der Waals surface area contributed by atoms with E-state index in [1.165, 1.54) is 0 Å². The molecule has 0 unspecified atom stereocenters. The number of carbonyl (C=O) groups is 1. The van der Waals surface area contributed by atoms with Gasteiger partial charge in [-0.05, 0) is 29.3 Å². The van der Waals surface area contributed by atoms with E-state index in [1.54, 1.807) is 12.4 Å². The van der Waals surface area contributed by atoms with Crippen molar-refractivity contribution in [1.29, 1.82) is 0 Å². The van der Waals surface area contributed by atoms with Crippen molar-refractivity contribution in [2.45, 2.75) is 0 Å². The van der Waals surface area contributed by atoms with Gasteiger partial charge >= 0.3 is 0 Å². The van der Waals surface area contributed by atoms with Gasteiger partial charge in [0, 0.05) is 23.5 Å². The molecule has 0 N–H and O–H groups in total. The van der Waals surface area contributed by atoms with Crippen molar-refractivity contribution in [2.75, 3.05) is 0 Å². The molecule has 1 aromatic heterocycles. The predicted octanol–water partition coefficient (Wildman–Crippen LogP) is 3.98. The standard InChI is InChI=1S/C18H13NO/c20-18(15-5-2-1-3-6-15)17-8-4-7-16(13-17)14-9-11-19-12-10-14/h1-13H.